The van der Waals surface area contributed by atoms with E-state index in [2.05, 4.69) is 11.9 Å². The minimum absolute atomic E-state index is 0.0774. The zero-order valence-corrected chi connectivity index (χ0v) is 10.4. The van der Waals surface area contributed by atoms with Crippen molar-refractivity contribution in [2.45, 2.75) is 25.7 Å². The van der Waals surface area contributed by atoms with Gasteiger partial charge in [0, 0.05) is 12.6 Å². The van der Waals surface area contributed by atoms with Gasteiger partial charge >= 0.3 is 0 Å². The van der Waals surface area contributed by atoms with Crippen LogP contribution in [0.2, 0.25) is 5.02 Å². The summed E-state index contributed by atoms with van der Waals surface area (Å²) in [6, 6.07) is 1.93. The molecule has 0 fully saturated rings. The molecule has 0 atom stereocenters. The molecular formula is C13H16ClF2N. The Kier molecular flexibility index (Phi) is 5.98. The van der Waals surface area contributed by atoms with Crippen LogP contribution >= 0.6 is 11.6 Å². The smallest absolute Gasteiger partial charge is 0.150 e. The molecule has 0 aliphatic carbocycles. The van der Waals surface area contributed by atoms with Crippen molar-refractivity contribution in [3.63, 3.8) is 0 Å². The fourth-order valence-electron chi connectivity index (χ4n) is 1.51. The molecule has 0 saturated carbocycles. The van der Waals surface area contributed by atoms with Crippen LogP contribution in [0.25, 0.3) is 0 Å². The Morgan fingerprint density at radius 3 is 2.65 bits per heavy atom. The summed E-state index contributed by atoms with van der Waals surface area (Å²) in [7, 11) is 0. The van der Waals surface area contributed by atoms with Crippen LogP contribution in [0.1, 0.15) is 25.7 Å². The summed E-state index contributed by atoms with van der Waals surface area (Å²) in [6.07, 6.45) is 5.90. The fraction of sp³-hybridized carbons (Fsp3) is 0.385. The van der Waals surface area contributed by atoms with Gasteiger partial charge in [0.1, 0.15) is 5.82 Å². The van der Waals surface area contributed by atoms with Crippen LogP contribution < -0.4 is 5.32 Å². The van der Waals surface area contributed by atoms with E-state index >= 15 is 0 Å². The molecule has 0 heterocycles. The van der Waals surface area contributed by atoms with Crippen molar-refractivity contribution < 1.29 is 8.78 Å². The normalized spacial score (nSPS) is 10.3. The first-order chi connectivity index (χ1) is 8.15. The van der Waals surface area contributed by atoms with Crippen LogP contribution in [0.4, 0.5) is 14.5 Å². The molecule has 0 radical (unpaired) electrons. The molecule has 0 spiro atoms. The summed E-state index contributed by atoms with van der Waals surface area (Å²) >= 11 is 5.74. The van der Waals surface area contributed by atoms with Gasteiger partial charge in [0.2, 0.25) is 0 Å². The maximum Gasteiger partial charge on any atom is 0.150 e. The van der Waals surface area contributed by atoms with E-state index in [0.29, 0.717) is 6.54 Å². The number of benzene rings is 1. The molecule has 0 unspecified atom stereocenters. The molecule has 1 nitrogen and oxygen atoms in total. The highest BCUT2D eigenvalue weighted by molar-refractivity contribution is 6.33. The molecule has 0 aromatic heterocycles. The van der Waals surface area contributed by atoms with Gasteiger partial charge in [0.05, 0.1) is 10.7 Å². The second-order valence-electron chi connectivity index (χ2n) is 3.81. The lowest BCUT2D eigenvalue weighted by Gasteiger charge is -2.09. The van der Waals surface area contributed by atoms with Gasteiger partial charge in [-0.15, -0.1) is 6.58 Å². The predicted molar refractivity (Wildman–Crippen MR) is 68.5 cm³/mol. The van der Waals surface area contributed by atoms with Gasteiger partial charge in [-0.1, -0.05) is 24.1 Å². The Morgan fingerprint density at radius 2 is 2.00 bits per heavy atom. The molecule has 0 bridgehead atoms. The number of hydrogen-bond donors (Lipinski definition) is 1. The zero-order valence-electron chi connectivity index (χ0n) is 9.61. The monoisotopic (exact) mass is 259 g/mol. The maximum absolute atomic E-state index is 13.3. The third-order valence-electron chi connectivity index (χ3n) is 2.39. The van der Waals surface area contributed by atoms with Crippen molar-refractivity contribution in [2.75, 3.05) is 11.9 Å². The van der Waals surface area contributed by atoms with Gasteiger partial charge in [-0.05, 0) is 25.3 Å². The van der Waals surface area contributed by atoms with Crippen molar-refractivity contribution in [3.05, 3.63) is 41.4 Å². The minimum Gasteiger partial charge on any atom is -0.381 e. The predicted octanol–water partition coefficient (Wildman–Crippen LogP) is 4.78. The van der Waals surface area contributed by atoms with Gasteiger partial charge in [0.25, 0.3) is 0 Å². The number of anilines is 1. The highest BCUT2D eigenvalue weighted by Crippen LogP contribution is 2.26. The number of halogens is 3. The van der Waals surface area contributed by atoms with Crippen LogP contribution in [-0.2, 0) is 0 Å². The van der Waals surface area contributed by atoms with E-state index in [1.165, 1.54) is 0 Å². The van der Waals surface area contributed by atoms with Crippen LogP contribution in [0.15, 0.2) is 24.8 Å². The molecular weight excluding hydrogens is 244 g/mol. The average Bonchev–Trinajstić information content (AvgIpc) is 2.26. The summed E-state index contributed by atoms with van der Waals surface area (Å²) < 4.78 is 26.1. The van der Waals surface area contributed by atoms with E-state index in [1.807, 2.05) is 6.08 Å². The van der Waals surface area contributed by atoms with Gasteiger partial charge < -0.3 is 5.32 Å². The summed E-state index contributed by atoms with van der Waals surface area (Å²) in [5, 5.41) is 2.96. The topological polar surface area (TPSA) is 12.0 Å². The molecule has 1 aromatic rings. The molecule has 1 rings (SSSR count). The molecule has 94 valence electrons. The molecule has 0 aliphatic rings. The lowest BCUT2D eigenvalue weighted by atomic mass is 10.2. The first-order valence-electron chi connectivity index (χ1n) is 5.64. The van der Waals surface area contributed by atoms with Gasteiger partial charge in [-0.2, -0.15) is 0 Å². The highest BCUT2D eigenvalue weighted by atomic mass is 35.5. The Hall–Kier alpha value is -1.09. The third-order valence-corrected chi connectivity index (χ3v) is 2.69. The Bertz CT molecular complexity index is 357. The fourth-order valence-corrected chi connectivity index (χ4v) is 1.78. The van der Waals surface area contributed by atoms with E-state index in [9.17, 15) is 8.78 Å². The number of nitrogens with one attached hydrogen (secondary N) is 1. The summed E-state index contributed by atoms with van der Waals surface area (Å²) in [4.78, 5) is 0. The minimum atomic E-state index is -0.663. The van der Waals surface area contributed by atoms with Gasteiger partial charge in [-0.3, -0.25) is 0 Å². The molecule has 0 amide bonds. The summed E-state index contributed by atoms with van der Waals surface area (Å²) in [5.74, 6) is -1.31. The highest BCUT2D eigenvalue weighted by Gasteiger charge is 2.08. The summed E-state index contributed by atoms with van der Waals surface area (Å²) in [5.41, 5.74) is 0.178. The van der Waals surface area contributed by atoms with E-state index in [4.69, 9.17) is 11.6 Å². The Balaban J connectivity index is 2.39. The SMILES string of the molecule is C=CCCCCCNc1c(F)cc(F)cc1Cl. The van der Waals surface area contributed by atoms with Crippen LogP contribution in [-0.4, -0.2) is 6.54 Å². The second-order valence-corrected chi connectivity index (χ2v) is 4.22. The molecule has 4 heteroatoms. The lowest BCUT2D eigenvalue weighted by Crippen LogP contribution is -2.04. The largest absolute Gasteiger partial charge is 0.381 e. The van der Waals surface area contributed by atoms with Crippen molar-refractivity contribution in [2.24, 2.45) is 0 Å². The third kappa shape index (κ3) is 4.73. The number of rotatable bonds is 7. The molecule has 1 N–H and O–H groups in total. The van der Waals surface area contributed by atoms with Gasteiger partial charge in [0.15, 0.2) is 5.82 Å². The summed E-state index contributed by atoms with van der Waals surface area (Å²) in [6.45, 7) is 4.26. The standard InChI is InChI=1S/C13H16ClF2N/c1-2-3-4-5-6-7-17-13-11(14)8-10(15)9-12(13)16/h2,8-9,17H,1,3-7H2. The molecule has 1 aromatic carbocycles. The van der Waals surface area contributed by atoms with Crippen LogP contribution in [0.5, 0.6) is 0 Å². The van der Waals surface area contributed by atoms with E-state index in [1.54, 1.807) is 0 Å². The zero-order chi connectivity index (χ0) is 12.7. The molecule has 17 heavy (non-hydrogen) atoms. The lowest BCUT2D eigenvalue weighted by molar-refractivity contribution is 0.584. The van der Waals surface area contributed by atoms with E-state index < -0.39 is 11.6 Å². The van der Waals surface area contributed by atoms with Crippen molar-refractivity contribution in [1.82, 2.24) is 0 Å². The number of hydrogen-bond acceptors (Lipinski definition) is 1. The van der Waals surface area contributed by atoms with E-state index in [-0.39, 0.29) is 10.7 Å². The molecule has 0 saturated heterocycles. The van der Waals surface area contributed by atoms with Crippen molar-refractivity contribution in [1.29, 1.82) is 0 Å². The quantitative estimate of drug-likeness (QED) is 0.549. The first-order valence-corrected chi connectivity index (χ1v) is 6.02. The molecule has 0 aliphatic heterocycles. The van der Waals surface area contributed by atoms with Crippen molar-refractivity contribution >= 4 is 17.3 Å². The number of unbranched alkanes of at least 4 members (excludes halogenated alkanes) is 3. The number of allylic oxidation sites excluding steroid dienone is 1. The second kappa shape index (κ2) is 7.28. The van der Waals surface area contributed by atoms with Crippen LogP contribution in [0.3, 0.4) is 0 Å². The Morgan fingerprint density at radius 1 is 1.24 bits per heavy atom. The Labute approximate surface area is 105 Å². The maximum atomic E-state index is 13.3. The van der Waals surface area contributed by atoms with Gasteiger partial charge in [-0.25, -0.2) is 8.78 Å². The van der Waals surface area contributed by atoms with E-state index in [0.717, 1.165) is 37.8 Å². The average molecular weight is 260 g/mol. The van der Waals surface area contributed by atoms with Crippen molar-refractivity contribution in [3.8, 4) is 0 Å². The van der Waals surface area contributed by atoms with Crippen LogP contribution in [0, 0.1) is 11.6 Å². The first kappa shape index (κ1) is 14.0.